The van der Waals surface area contributed by atoms with E-state index in [-0.39, 0.29) is 44.4 Å². The lowest BCUT2D eigenvalue weighted by atomic mass is 10.0. The Morgan fingerprint density at radius 2 is 2.15 bits per heavy atom. The van der Waals surface area contributed by atoms with Crippen molar-refractivity contribution in [3.05, 3.63) is 45.4 Å². The fraction of sp³-hybridized carbons (Fsp3) is 0.412. The van der Waals surface area contributed by atoms with Crippen LogP contribution >= 0.6 is 22.9 Å². The van der Waals surface area contributed by atoms with Crippen LogP contribution in [0, 0.1) is 0 Å². The number of nitrogens with one attached hydrogen (secondary N) is 1. The average Bonchev–Trinajstić information content (AvgIpc) is 3.12. The quantitative estimate of drug-likeness (QED) is 0.752. The Morgan fingerprint density at radius 3 is 2.81 bits per heavy atom. The molecule has 1 amide bonds. The van der Waals surface area contributed by atoms with Crippen molar-refractivity contribution < 1.29 is 13.6 Å². The molecular formula is C17H19ClF2N4OS. The summed E-state index contributed by atoms with van der Waals surface area (Å²) in [6.45, 7) is 0.812. The molecule has 1 aromatic heterocycles. The van der Waals surface area contributed by atoms with Crippen LogP contribution in [0.2, 0.25) is 5.02 Å². The molecule has 0 saturated carbocycles. The number of aromatic nitrogens is 1. The summed E-state index contributed by atoms with van der Waals surface area (Å²) in [5, 5.41) is 3.15. The number of carbonyl (C=O) groups is 1. The summed E-state index contributed by atoms with van der Waals surface area (Å²) in [5.41, 5.74) is 8.14. The minimum atomic E-state index is -2.62. The predicted molar refractivity (Wildman–Crippen MR) is 98.8 cm³/mol. The van der Waals surface area contributed by atoms with Crippen molar-refractivity contribution in [1.82, 2.24) is 15.2 Å². The van der Waals surface area contributed by atoms with Gasteiger partial charge in [0.2, 0.25) is 0 Å². The smallest absolute Gasteiger partial charge is 0.252 e. The Kier molecular flexibility index (Phi) is 5.74. The van der Waals surface area contributed by atoms with E-state index >= 15 is 0 Å². The summed E-state index contributed by atoms with van der Waals surface area (Å²) in [4.78, 5) is 19.4. The molecule has 26 heavy (non-hydrogen) atoms. The zero-order valence-corrected chi connectivity index (χ0v) is 15.5. The molecule has 3 rings (SSSR count). The summed E-state index contributed by atoms with van der Waals surface area (Å²) in [6.07, 6.45) is 1.34. The predicted octanol–water partition coefficient (Wildman–Crippen LogP) is 3.58. The van der Waals surface area contributed by atoms with Crippen molar-refractivity contribution in [3.8, 4) is 0 Å². The molecule has 1 atom stereocenters. The number of piperidine rings is 1. The molecule has 0 spiro atoms. The normalized spacial score (nSPS) is 18.4. The van der Waals surface area contributed by atoms with Crippen LogP contribution in [-0.2, 0) is 0 Å². The fourth-order valence-electron chi connectivity index (χ4n) is 2.96. The lowest BCUT2D eigenvalue weighted by Gasteiger charge is -2.37. The summed E-state index contributed by atoms with van der Waals surface area (Å²) in [6, 6.07) is 4.50. The highest BCUT2D eigenvalue weighted by Crippen LogP contribution is 2.33. The second-order valence-electron chi connectivity index (χ2n) is 6.26. The van der Waals surface area contributed by atoms with Crippen LogP contribution < -0.4 is 11.1 Å². The number of benzene rings is 1. The van der Waals surface area contributed by atoms with Crippen molar-refractivity contribution in [2.24, 2.45) is 0 Å². The number of nitrogen functional groups attached to an aromatic ring is 1. The third-order valence-electron chi connectivity index (χ3n) is 4.44. The zero-order valence-electron chi connectivity index (χ0n) is 13.9. The Labute approximate surface area is 159 Å². The van der Waals surface area contributed by atoms with Gasteiger partial charge in [-0.05, 0) is 18.2 Å². The first-order valence-electron chi connectivity index (χ1n) is 8.19. The number of amides is 1. The summed E-state index contributed by atoms with van der Waals surface area (Å²) in [7, 11) is 0. The summed E-state index contributed by atoms with van der Waals surface area (Å²) >= 11 is 7.51. The van der Waals surface area contributed by atoms with Gasteiger partial charge >= 0.3 is 0 Å². The lowest BCUT2D eigenvalue weighted by molar-refractivity contribution is -0.0629. The number of thiazole rings is 1. The molecule has 9 heteroatoms. The Bertz CT molecular complexity index is 762. The number of hydrogen-bond acceptors (Lipinski definition) is 5. The van der Waals surface area contributed by atoms with Gasteiger partial charge < -0.3 is 11.1 Å². The van der Waals surface area contributed by atoms with Gasteiger partial charge in [-0.2, -0.15) is 0 Å². The molecule has 3 N–H and O–H groups in total. The molecule has 1 saturated heterocycles. The number of anilines is 1. The minimum absolute atomic E-state index is 0.183. The molecule has 1 fully saturated rings. The molecule has 1 aliphatic rings. The molecule has 0 radical (unpaired) electrons. The van der Waals surface area contributed by atoms with E-state index in [0.717, 1.165) is 4.88 Å². The van der Waals surface area contributed by atoms with Crippen molar-refractivity contribution in [2.75, 3.05) is 25.4 Å². The maximum atomic E-state index is 13.5. The fourth-order valence-corrected chi connectivity index (χ4v) is 3.92. The van der Waals surface area contributed by atoms with Crippen LogP contribution in [0.5, 0.6) is 0 Å². The molecule has 1 unspecified atom stereocenters. The first-order valence-corrected chi connectivity index (χ1v) is 9.45. The average molecular weight is 401 g/mol. The number of nitrogens with zero attached hydrogens (tertiary/aromatic N) is 2. The molecule has 2 aromatic rings. The molecular weight excluding hydrogens is 382 g/mol. The maximum Gasteiger partial charge on any atom is 0.252 e. The number of hydrogen-bond donors (Lipinski definition) is 2. The van der Waals surface area contributed by atoms with Crippen LogP contribution in [0.15, 0.2) is 29.9 Å². The first-order chi connectivity index (χ1) is 12.4. The van der Waals surface area contributed by atoms with Crippen LogP contribution in [0.4, 0.5) is 14.5 Å². The molecule has 0 aliphatic carbocycles. The maximum absolute atomic E-state index is 13.5. The number of carbonyl (C=O) groups excluding carboxylic acids is 1. The summed E-state index contributed by atoms with van der Waals surface area (Å²) in [5.74, 6) is -2.97. The molecule has 140 valence electrons. The molecule has 2 heterocycles. The SMILES string of the molecule is Nc1ccc(Cl)c(C(=O)NCC(c2cncs2)N2CCC(F)(F)CC2)c1. The topological polar surface area (TPSA) is 71.2 Å². The van der Waals surface area contributed by atoms with Crippen LogP contribution in [0.25, 0.3) is 0 Å². The summed E-state index contributed by atoms with van der Waals surface area (Å²) < 4.78 is 26.9. The van der Waals surface area contributed by atoms with Gasteiger partial charge in [-0.3, -0.25) is 14.7 Å². The van der Waals surface area contributed by atoms with Gasteiger partial charge in [0.25, 0.3) is 11.8 Å². The van der Waals surface area contributed by atoms with Crippen LogP contribution in [0.1, 0.15) is 34.1 Å². The van der Waals surface area contributed by atoms with E-state index in [9.17, 15) is 13.6 Å². The Hall–Kier alpha value is -1.77. The zero-order chi connectivity index (χ0) is 18.7. The van der Waals surface area contributed by atoms with Gasteiger partial charge in [-0.1, -0.05) is 11.6 Å². The molecule has 5 nitrogen and oxygen atoms in total. The Morgan fingerprint density at radius 1 is 1.42 bits per heavy atom. The van der Waals surface area contributed by atoms with E-state index in [1.54, 1.807) is 23.8 Å². The van der Waals surface area contributed by atoms with E-state index in [2.05, 4.69) is 10.3 Å². The second kappa shape index (κ2) is 7.85. The number of likely N-dealkylation sites (tertiary alicyclic amines) is 1. The van der Waals surface area contributed by atoms with Gasteiger partial charge in [0, 0.05) is 49.2 Å². The highest BCUT2D eigenvalue weighted by atomic mass is 35.5. The minimum Gasteiger partial charge on any atom is -0.399 e. The largest absolute Gasteiger partial charge is 0.399 e. The number of nitrogens with two attached hydrogens (primary N) is 1. The highest BCUT2D eigenvalue weighted by Gasteiger charge is 2.37. The van der Waals surface area contributed by atoms with Crippen LogP contribution in [-0.4, -0.2) is 41.3 Å². The third kappa shape index (κ3) is 4.49. The van der Waals surface area contributed by atoms with E-state index in [1.807, 2.05) is 4.90 Å². The van der Waals surface area contributed by atoms with Gasteiger partial charge in [-0.25, -0.2) is 8.78 Å². The van der Waals surface area contributed by atoms with Gasteiger partial charge in [0.05, 0.1) is 22.1 Å². The van der Waals surface area contributed by atoms with Crippen LogP contribution in [0.3, 0.4) is 0 Å². The number of rotatable bonds is 5. The second-order valence-corrected chi connectivity index (χ2v) is 7.59. The number of alkyl halides is 2. The Balaban J connectivity index is 1.71. The van der Waals surface area contributed by atoms with Gasteiger partial charge in [-0.15, -0.1) is 11.3 Å². The third-order valence-corrected chi connectivity index (χ3v) is 5.65. The van der Waals surface area contributed by atoms with Crippen molar-refractivity contribution in [2.45, 2.75) is 24.8 Å². The first kappa shape index (κ1) is 19.0. The standard InChI is InChI=1S/C17H19ClF2N4OS/c18-13-2-1-11(21)7-12(13)16(25)23-8-14(15-9-22-10-26-15)24-5-3-17(19,20)4-6-24/h1-2,7,9-10,14H,3-6,8,21H2,(H,23,25). The van der Waals surface area contributed by atoms with Crippen molar-refractivity contribution in [3.63, 3.8) is 0 Å². The van der Waals surface area contributed by atoms with Gasteiger partial charge in [0.1, 0.15) is 0 Å². The van der Waals surface area contributed by atoms with E-state index in [4.69, 9.17) is 17.3 Å². The van der Waals surface area contributed by atoms with Crippen molar-refractivity contribution in [1.29, 1.82) is 0 Å². The molecule has 1 aliphatic heterocycles. The van der Waals surface area contributed by atoms with E-state index in [1.165, 1.54) is 17.4 Å². The lowest BCUT2D eigenvalue weighted by Crippen LogP contribution is -2.44. The number of halogens is 3. The van der Waals surface area contributed by atoms with E-state index in [0.29, 0.717) is 16.3 Å². The highest BCUT2D eigenvalue weighted by molar-refractivity contribution is 7.09. The van der Waals surface area contributed by atoms with Crippen molar-refractivity contribution >= 4 is 34.5 Å². The van der Waals surface area contributed by atoms with E-state index < -0.39 is 5.92 Å². The van der Waals surface area contributed by atoms with Gasteiger partial charge in [0.15, 0.2) is 0 Å². The molecule has 0 bridgehead atoms. The monoisotopic (exact) mass is 400 g/mol. The molecule has 1 aromatic carbocycles.